The lowest BCUT2D eigenvalue weighted by Gasteiger charge is -2.18. The van der Waals surface area contributed by atoms with Crippen LogP contribution in [0.1, 0.15) is 30.5 Å². The van der Waals surface area contributed by atoms with Crippen molar-refractivity contribution >= 4 is 0 Å². The minimum Gasteiger partial charge on any atom is -0.496 e. The van der Waals surface area contributed by atoms with Crippen LogP contribution < -0.4 is 10.1 Å². The van der Waals surface area contributed by atoms with E-state index in [1.807, 2.05) is 6.08 Å². The predicted octanol–water partition coefficient (Wildman–Crippen LogP) is 3.23. The molecule has 1 rings (SSSR count). The van der Waals surface area contributed by atoms with Crippen molar-refractivity contribution in [1.82, 2.24) is 5.32 Å². The van der Waals surface area contributed by atoms with E-state index in [2.05, 4.69) is 43.9 Å². The summed E-state index contributed by atoms with van der Waals surface area (Å²) < 4.78 is 5.34. The first kappa shape index (κ1) is 12.8. The average Bonchev–Trinajstić information content (AvgIpc) is 2.29. The summed E-state index contributed by atoms with van der Waals surface area (Å²) in [7, 11) is 1.71. The molecule has 0 saturated carbocycles. The van der Waals surface area contributed by atoms with Gasteiger partial charge in [0.2, 0.25) is 0 Å². The van der Waals surface area contributed by atoms with Gasteiger partial charge in [-0.3, -0.25) is 0 Å². The Morgan fingerprint density at radius 1 is 1.50 bits per heavy atom. The first-order valence-corrected chi connectivity index (χ1v) is 5.71. The molecule has 0 radical (unpaired) electrons. The van der Waals surface area contributed by atoms with Gasteiger partial charge in [0.15, 0.2) is 0 Å². The number of rotatable bonds is 6. The Bertz CT molecular complexity index is 347. The number of aryl methyl sites for hydroxylation is 1. The van der Waals surface area contributed by atoms with Gasteiger partial charge < -0.3 is 10.1 Å². The van der Waals surface area contributed by atoms with Crippen molar-refractivity contribution in [2.75, 3.05) is 13.7 Å². The second-order valence-electron chi connectivity index (χ2n) is 3.86. The van der Waals surface area contributed by atoms with E-state index in [1.54, 1.807) is 7.11 Å². The summed E-state index contributed by atoms with van der Waals surface area (Å²) in [5.74, 6) is 0.949. The van der Waals surface area contributed by atoms with Crippen molar-refractivity contribution in [2.24, 2.45) is 0 Å². The summed E-state index contributed by atoms with van der Waals surface area (Å²) in [4.78, 5) is 0. The number of hydrogen-bond donors (Lipinski definition) is 1. The fraction of sp³-hybridized carbons (Fsp3) is 0.429. The van der Waals surface area contributed by atoms with E-state index in [1.165, 1.54) is 11.1 Å². The van der Waals surface area contributed by atoms with Gasteiger partial charge >= 0.3 is 0 Å². The monoisotopic (exact) mass is 219 g/mol. The first-order valence-electron chi connectivity index (χ1n) is 5.71. The zero-order chi connectivity index (χ0) is 12.0. The topological polar surface area (TPSA) is 21.3 Å². The molecule has 0 bridgehead atoms. The number of benzene rings is 1. The molecule has 0 heterocycles. The van der Waals surface area contributed by atoms with Gasteiger partial charge in [-0.25, -0.2) is 0 Å². The Hall–Kier alpha value is -1.28. The molecule has 0 amide bonds. The van der Waals surface area contributed by atoms with Crippen LogP contribution in [-0.2, 0) is 0 Å². The van der Waals surface area contributed by atoms with Crippen molar-refractivity contribution in [2.45, 2.75) is 26.3 Å². The molecule has 0 aromatic heterocycles. The molecule has 1 unspecified atom stereocenters. The minimum absolute atomic E-state index is 0.331. The quantitative estimate of drug-likeness (QED) is 0.742. The van der Waals surface area contributed by atoms with E-state index >= 15 is 0 Å². The molecule has 1 aromatic rings. The number of hydrogen-bond acceptors (Lipinski definition) is 2. The summed E-state index contributed by atoms with van der Waals surface area (Å²) in [6.45, 7) is 8.92. The van der Waals surface area contributed by atoms with E-state index in [0.717, 1.165) is 18.7 Å². The lowest BCUT2D eigenvalue weighted by Crippen LogP contribution is -2.20. The molecule has 0 fully saturated rings. The maximum Gasteiger partial charge on any atom is 0.122 e. The molecule has 1 aromatic carbocycles. The van der Waals surface area contributed by atoms with Crippen LogP contribution in [-0.4, -0.2) is 13.7 Å². The molecule has 2 nitrogen and oxygen atoms in total. The maximum atomic E-state index is 5.34. The normalized spacial score (nSPS) is 12.2. The van der Waals surface area contributed by atoms with Crippen LogP contribution in [0.15, 0.2) is 30.9 Å². The Kier molecular flexibility index (Phi) is 5.06. The maximum absolute atomic E-state index is 5.34. The molecule has 0 aliphatic carbocycles. The van der Waals surface area contributed by atoms with Crippen molar-refractivity contribution < 1.29 is 4.74 Å². The summed E-state index contributed by atoms with van der Waals surface area (Å²) in [6, 6.07) is 6.68. The fourth-order valence-corrected chi connectivity index (χ4v) is 1.80. The van der Waals surface area contributed by atoms with Gasteiger partial charge in [-0.05, 0) is 37.1 Å². The fourth-order valence-electron chi connectivity index (χ4n) is 1.80. The zero-order valence-corrected chi connectivity index (χ0v) is 10.4. The SMILES string of the molecule is C=CCC(NCC)c1ccc(C)c(OC)c1. The van der Waals surface area contributed by atoms with E-state index in [0.29, 0.717) is 6.04 Å². The lowest BCUT2D eigenvalue weighted by atomic mass is 10.0. The summed E-state index contributed by atoms with van der Waals surface area (Å²) in [6.07, 6.45) is 2.87. The number of methoxy groups -OCH3 is 1. The molecule has 2 heteroatoms. The van der Waals surface area contributed by atoms with Crippen molar-refractivity contribution in [1.29, 1.82) is 0 Å². The van der Waals surface area contributed by atoms with Crippen molar-refractivity contribution in [3.8, 4) is 5.75 Å². The predicted molar refractivity (Wildman–Crippen MR) is 69.0 cm³/mol. The van der Waals surface area contributed by atoms with Crippen LogP contribution in [0.4, 0.5) is 0 Å². The summed E-state index contributed by atoms with van der Waals surface area (Å²) >= 11 is 0. The van der Waals surface area contributed by atoms with Crippen LogP contribution in [0.2, 0.25) is 0 Å². The Balaban J connectivity index is 2.94. The first-order chi connectivity index (χ1) is 7.72. The molecule has 1 atom stereocenters. The third-order valence-electron chi connectivity index (χ3n) is 2.69. The second kappa shape index (κ2) is 6.33. The van der Waals surface area contributed by atoms with Gasteiger partial charge in [-0.15, -0.1) is 6.58 Å². The zero-order valence-electron chi connectivity index (χ0n) is 10.4. The van der Waals surface area contributed by atoms with Crippen molar-refractivity contribution in [3.05, 3.63) is 42.0 Å². The van der Waals surface area contributed by atoms with Crippen LogP contribution >= 0.6 is 0 Å². The molecule has 0 saturated heterocycles. The highest BCUT2D eigenvalue weighted by Crippen LogP contribution is 2.25. The average molecular weight is 219 g/mol. The summed E-state index contributed by atoms with van der Waals surface area (Å²) in [5, 5.41) is 3.44. The highest BCUT2D eigenvalue weighted by molar-refractivity contribution is 5.38. The highest BCUT2D eigenvalue weighted by Gasteiger charge is 2.10. The van der Waals surface area contributed by atoms with E-state index in [4.69, 9.17) is 4.74 Å². The van der Waals surface area contributed by atoms with Crippen molar-refractivity contribution in [3.63, 3.8) is 0 Å². The molecule has 1 N–H and O–H groups in total. The molecule has 16 heavy (non-hydrogen) atoms. The standard InChI is InChI=1S/C14H21NO/c1-5-7-13(15-6-2)12-9-8-11(3)14(10-12)16-4/h5,8-10,13,15H,1,6-7H2,2-4H3. The molecule has 88 valence electrons. The Labute approximate surface area is 98.3 Å². The van der Waals surface area contributed by atoms with Crippen LogP contribution in [0, 0.1) is 6.92 Å². The molecular weight excluding hydrogens is 198 g/mol. The molecule has 0 aliphatic rings. The van der Waals surface area contributed by atoms with E-state index in [9.17, 15) is 0 Å². The van der Waals surface area contributed by atoms with Crippen LogP contribution in [0.3, 0.4) is 0 Å². The number of nitrogens with one attached hydrogen (secondary N) is 1. The van der Waals surface area contributed by atoms with E-state index < -0.39 is 0 Å². The van der Waals surface area contributed by atoms with Gasteiger partial charge in [0.25, 0.3) is 0 Å². The van der Waals surface area contributed by atoms with Gasteiger partial charge in [0.05, 0.1) is 7.11 Å². The van der Waals surface area contributed by atoms with Gasteiger partial charge in [0, 0.05) is 6.04 Å². The highest BCUT2D eigenvalue weighted by atomic mass is 16.5. The molecule has 0 spiro atoms. The third kappa shape index (κ3) is 3.11. The largest absolute Gasteiger partial charge is 0.496 e. The summed E-state index contributed by atoms with van der Waals surface area (Å²) in [5.41, 5.74) is 2.42. The van der Waals surface area contributed by atoms with E-state index in [-0.39, 0.29) is 0 Å². The smallest absolute Gasteiger partial charge is 0.122 e. The van der Waals surface area contributed by atoms with Gasteiger partial charge in [-0.1, -0.05) is 25.1 Å². The Morgan fingerprint density at radius 2 is 2.25 bits per heavy atom. The molecular formula is C14H21NO. The minimum atomic E-state index is 0.331. The van der Waals surface area contributed by atoms with Crippen LogP contribution in [0.5, 0.6) is 5.75 Å². The van der Waals surface area contributed by atoms with Gasteiger partial charge in [-0.2, -0.15) is 0 Å². The van der Waals surface area contributed by atoms with Gasteiger partial charge in [0.1, 0.15) is 5.75 Å². The van der Waals surface area contributed by atoms with Crippen LogP contribution in [0.25, 0.3) is 0 Å². The third-order valence-corrected chi connectivity index (χ3v) is 2.69. The molecule has 0 aliphatic heterocycles. The Morgan fingerprint density at radius 3 is 2.81 bits per heavy atom. The lowest BCUT2D eigenvalue weighted by molar-refractivity contribution is 0.410. The second-order valence-corrected chi connectivity index (χ2v) is 3.86. The number of ether oxygens (including phenoxy) is 1.